The zero-order chi connectivity index (χ0) is 19.8. The van der Waals surface area contributed by atoms with E-state index in [2.05, 4.69) is 62.0 Å². The quantitative estimate of drug-likeness (QED) is 0.259. The number of ether oxygens (including phenoxy) is 1. The van der Waals surface area contributed by atoms with Crippen molar-refractivity contribution in [2.45, 2.75) is 19.4 Å². The molecule has 0 aliphatic heterocycles. The van der Waals surface area contributed by atoms with E-state index in [4.69, 9.17) is 4.74 Å². The molecule has 1 aromatic heterocycles. The highest BCUT2D eigenvalue weighted by Gasteiger charge is 2.09. The van der Waals surface area contributed by atoms with Gasteiger partial charge in [0, 0.05) is 19.2 Å². The number of aromatic nitrogens is 3. The second kappa shape index (κ2) is 11.4. The maximum absolute atomic E-state index is 5.18. The average molecular weight is 506 g/mol. The van der Waals surface area contributed by atoms with Gasteiger partial charge in [-0.05, 0) is 35.7 Å². The Kier molecular flexibility index (Phi) is 8.91. The van der Waals surface area contributed by atoms with E-state index in [0.29, 0.717) is 18.3 Å². The van der Waals surface area contributed by atoms with Crippen LogP contribution >= 0.6 is 24.0 Å². The normalized spacial score (nSPS) is 12.0. The second-order valence-electron chi connectivity index (χ2n) is 6.45. The first kappa shape index (κ1) is 22.7. The lowest BCUT2D eigenvalue weighted by Crippen LogP contribution is -2.38. The fourth-order valence-corrected chi connectivity index (χ4v) is 2.78. The van der Waals surface area contributed by atoms with Gasteiger partial charge in [0.25, 0.3) is 0 Å². The van der Waals surface area contributed by atoms with Gasteiger partial charge < -0.3 is 15.4 Å². The number of hydrogen-bond acceptors (Lipinski definition) is 4. The van der Waals surface area contributed by atoms with Crippen molar-refractivity contribution >= 4 is 29.9 Å². The Morgan fingerprint density at radius 3 is 2.48 bits per heavy atom. The third-order valence-electron chi connectivity index (χ3n) is 4.47. The van der Waals surface area contributed by atoms with Gasteiger partial charge in [-0.3, -0.25) is 10.1 Å². The van der Waals surface area contributed by atoms with Gasteiger partial charge in [0.1, 0.15) is 11.6 Å². The molecule has 7 nitrogen and oxygen atoms in total. The monoisotopic (exact) mass is 506 g/mol. The fourth-order valence-electron chi connectivity index (χ4n) is 2.78. The van der Waals surface area contributed by atoms with Crippen molar-refractivity contribution in [2.75, 3.05) is 20.7 Å². The predicted octanol–water partition coefficient (Wildman–Crippen LogP) is 3.57. The van der Waals surface area contributed by atoms with Crippen molar-refractivity contribution in [3.05, 3.63) is 66.0 Å². The van der Waals surface area contributed by atoms with Crippen molar-refractivity contribution in [2.24, 2.45) is 4.99 Å². The third kappa shape index (κ3) is 6.45. The zero-order valence-corrected chi connectivity index (χ0v) is 19.2. The summed E-state index contributed by atoms with van der Waals surface area (Å²) >= 11 is 0. The van der Waals surface area contributed by atoms with Gasteiger partial charge in [-0.1, -0.05) is 37.3 Å². The Hall–Kier alpha value is -2.62. The van der Waals surface area contributed by atoms with Gasteiger partial charge in [0.05, 0.1) is 13.7 Å². The van der Waals surface area contributed by atoms with E-state index in [1.807, 2.05) is 30.3 Å². The van der Waals surface area contributed by atoms with Crippen LogP contribution in [-0.4, -0.2) is 41.8 Å². The van der Waals surface area contributed by atoms with Crippen LogP contribution in [0.25, 0.3) is 11.4 Å². The Morgan fingerprint density at radius 1 is 1.10 bits per heavy atom. The third-order valence-corrected chi connectivity index (χ3v) is 4.47. The number of nitrogens with zero attached hydrogens (tertiary/aromatic N) is 3. The number of guanidine groups is 1. The molecule has 0 aliphatic rings. The summed E-state index contributed by atoms with van der Waals surface area (Å²) in [7, 11) is 3.40. The molecule has 0 bridgehead atoms. The van der Waals surface area contributed by atoms with Crippen molar-refractivity contribution in [3.63, 3.8) is 0 Å². The Labute approximate surface area is 188 Å². The minimum atomic E-state index is 0. The van der Waals surface area contributed by atoms with Crippen LogP contribution in [0.15, 0.2) is 59.6 Å². The van der Waals surface area contributed by atoms with E-state index in [0.717, 1.165) is 29.6 Å². The number of H-pyrrole nitrogens is 1. The smallest absolute Gasteiger partial charge is 0.191 e. The first-order chi connectivity index (χ1) is 13.7. The number of benzene rings is 2. The van der Waals surface area contributed by atoms with Crippen molar-refractivity contribution < 1.29 is 4.74 Å². The summed E-state index contributed by atoms with van der Waals surface area (Å²) in [6.07, 6.45) is 0. The second-order valence-corrected chi connectivity index (χ2v) is 6.45. The highest BCUT2D eigenvalue weighted by Crippen LogP contribution is 2.18. The van der Waals surface area contributed by atoms with Crippen LogP contribution in [0.3, 0.4) is 0 Å². The lowest BCUT2D eigenvalue weighted by Gasteiger charge is -2.15. The molecule has 8 heteroatoms. The average Bonchev–Trinajstić information content (AvgIpc) is 3.23. The number of hydrogen-bond donors (Lipinski definition) is 3. The molecule has 1 unspecified atom stereocenters. The number of nitrogens with one attached hydrogen (secondary N) is 3. The Bertz CT molecular complexity index is 895. The molecule has 3 aromatic rings. The maximum Gasteiger partial charge on any atom is 0.191 e. The minimum Gasteiger partial charge on any atom is -0.497 e. The zero-order valence-electron chi connectivity index (χ0n) is 16.8. The molecule has 0 radical (unpaired) electrons. The van der Waals surface area contributed by atoms with Crippen LogP contribution in [0.2, 0.25) is 0 Å². The molecule has 0 fully saturated rings. The van der Waals surface area contributed by atoms with Crippen LogP contribution in [0.1, 0.15) is 24.2 Å². The molecule has 29 heavy (non-hydrogen) atoms. The number of aromatic amines is 1. The molecule has 0 amide bonds. The molecule has 2 aromatic carbocycles. The SMILES string of the molecule is CN=C(NCc1nc(-c2ccc(OC)cc2)n[nH]1)NCC(C)c1ccccc1.I. The molecular formula is C21H27IN6O. The van der Waals surface area contributed by atoms with Crippen LogP contribution < -0.4 is 15.4 Å². The molecule has 154 valence electrons. The number of methoxy groups -OCH3 is 1. The Balaban J connectivity index is 0.00000300. The summed E-state index contributed by atoms with van der Waals surface area (Å²) in [5.74, 6) is 3.31. The first-order valence-electron chi connectivity index (χ1n) is 9.24. The van der Waals surface area contributed by atoms with Crippen LogP contribution in [-0.2, 0) is 6.54 Å². The lowest BCUT2D eigenvalue weighted by molar-refractivity contribution is 0.415. The van der Waals surface area contributed by atoms with Crippen molar-refractivity contribution in [3.8, 4) is 17.1 Å². The van der Waals surface area contributed by atoms with Gasteiger partial charge >= 0.3 is 0 Å². The largest absolute Gasteiger partial charge is 0.497 e. The van der Waals surface area contributed by atoms with Gasteiger partial charge in [0.2, 0.25) is 0 Å². The molecule has 0 saturated heterocycles. The lowest BCUT2D eigenvalue weighted by atomic mass is 10.0. The molecular weight excluding hydrogens is 479 g/mol. The van der Waals surface area contributed by atoms with E-state index >= 15 is 0 Å². The van der Waals surface area contributed by atoms with Crippen LogP contribution in [0, 0.1) is 0 Å². The van der Waals surface area contributed by atoms with Crippen LogP contribution in [0.5, 0.6) is 5.75 Å². The van der Waals surface area contributed by atoms with Gasteiger partial charge in [-0.2, -0.15) is 5.10 Å². The summed E-state index contributed by atoms with van der Waals surface area (Å²) in [5, 5.41) is 13.9. The van der Waals surface area contributed by atoms with E-state index in [9.17, 15) is 0 Å². The van der Waals surface area contributed by atoms with E-state index in [1.54, 1.807) is 14.2 Å². The molecule has 3 rings (SSSR count). The molecule has 1 atom stereocenters. The fraction of sp³-hybridized carbons (Fsp3) is 0.286. The number of aliphatic imine (C=N–C) groups is 1. The molecule has 0 saturated carbocycles. The highest BCUT2D eigenvalue weighted by atomic mass is 127. The summed E-state index contributed by atoms with van der Waals surface area (Å²) < 4.78 is 5.18. The first-order valence-corrected chi connectivity index (χ1v) is 9.24. The van der Waals surface area contributed by atoms with E-state index < -0.39 is 0 Å². The molecule has 0 spiro atoms. The Morgan fingerprint density at radius 2 is 1.83 bits per heavy atom. The van der Waals surface area contributed by atoms with Crippen molar-refractivity contribution in [1.29, 1.82) is 0 Å². The van der Waals surface area contributed by atoms with E-state index in [1.165, 1.54) is 5.56 Å². The number of rotatable bonds is 7. The summed E-state index contributed by atoms with van der Waals surface area (Å²) in [5.41, 5.74) is 2.23. The summed E-state index contributed by atoms with van der Waals surface area (Å²) in [4.78, 5) is 8.80. The van der Waals surface area contributed by atoms with Gasteiger partial charge in [-0.25, -0.2) is 4.98 Å². The summed E-state index contributed by atoms with van der Waals surface area (Å²) in [6.45, 7) is 3.48. The highest BCUT2D eigenvalue weighted by molar-refractivity contribution is 14.0. The standard InChI is InChI=1S/C21H26N6O.HI/c1-15(16-7-5-4-6-8-16)13-23-21(22-2)24-14-19-25-20(27-26-19)17-9-11-18(28-3)12-10-17;/h4-12,15H,13-14H2,1-3H3,(H2,22,23,24)(H,25,26,27);1H. The number of halogens is 1. The van der Waals surface area contributed by atoms with Gasteiger partial charge in [0.15, 0.2) is 11.8 Å². The molecule has 0 aliphatic carbocycles. The van der Waals surface area contributed by atoms with Crippen molar-refractivity contribution in [1.82, 2.24) is 25.8 Å². The predicted molar refractivity (Wildman–Crippen MR) is 127 cm³/mol. The van der Waals surface area contributed by atoms with E-state index in [-0.39, 0.29) is 24.0 Å². The topological polar surface area (TPSA) is 87.2 Å². The van der Waals surface area contributed by atoms with Gasteiger partial charge in [-0.15, -0.1) is 24.0 Å². The molecule has 3 N–H and O–H groups in total. The minimum absolute atomic E-state index is 0. The summed E-state index contributed by atoms with van der Waals surface area (Å²) in [6, 6.07) is 18.1. The molecule has 1 heterocycles. The maximum atomic E-state index is 5.18. The van der Waals surface area contributed by atoms with Crippen LogP contribution in [0.4, 0.5) is 0 Å².